The Balaban J connectivity index is 1.55. The molecule has 1 amide bonds. The fourth-order valence-electron chi connectivity index (χ4n) is 3.44. The molecule has 3 rings (SSSR count). The topological polar surface area (TPSA) is 52.6 Å². The van der Waals surface area contributed by atoms with Gasteiger partial charge in [-0.1, -0.05) is 11.6 Å². The molecule has 114 valence electrons. The van der Waals surface area contributed by atoms with Crippen LogP contribution in [-0.4, -0.2) is 41.7 Å². The maximum atomic E-state index is 13.0. The second-order valence-electron chi connectivity index (χ2n) is 5.94. The number of carbonyl (C=O) groups excluding carboxylic acids is 1. The van der Waals surface area contributed by atoms with Crippen LogP contribution in [0.5, 0.6) is 0 Å². The van der Waals surface area contributed by atoms with Crippen molar-refractivity contribution >= 4 is 23.2 Å². The molecule has 21 heavy (non-hydrogen) atoms. The predicted molar refractivity (Wildman–Crippen MR) is 78.7 cm³/mol. The van der Waals surface area contributed by atoms with Crippen molar-refractivity contribution in [2.45, 2.75) is 18.9 Å². The number of aliphatic hydroxyl groups is 1. The van der Waals surface area contributed by atoms with Gasteiger partial charge in [0, 0.05) is 19.0 Å². The summed E-state index contributed by atoms with van der Waals surface area (Å²) in [6.45, 7) is 1.89. The first-order valence-electron chi connectivity index (χ1n) is 7.18. The lowest BCUT2D eigenvalue weighted by Crippen LogP contribution is -2.33. The Hall–Kier alpha value is -1.17. The quantitative estimate of drug-likeness (QED) is 0.899. The fraction of sp³-hybridized carbons (Fsp3) is 0.533. The summed E-state index contributed by atoms with van der Waals surface area (Å²) in [7, 11) is 0. The number of nitrogens with zero attached hydrogens (tertiary/aromatic N) is 1. The average Bonchev–Trinajstić information content (AvgIpc) is 2.95. The minimum atomic E-state index is -0.431. The summed E-state index contributed by atoms with van der Waals surface area (Å²) < 4.78 is 13.0. The van der Waals surface area contributed by atoms with Gasteiger partial charge in [-0.05, 0) is 37.0 Å². The highest BCUT2D eigenvalue weighted by Crippen LogP contribution is 2.37. The SMILES string of the molecule is O=C(CN1CC2CCC(O)C2C1)Nc1ccc(F)cc1Cl. The van der Waals surface area contributed by atoms with Crippen LogP contribution < -0.4 is 5.32 Å². The third-order valence-corrected chi connectivity index (χ3v) is 4.78. The van der Waals surface area contributed by atoms with Gasteiger partial charge in [-0.15, -0.1) is 0 Å². The highest BCUT2D eigenvalue weighted by Gasteiger charge is 2.42. The number of aliphatic hydroxyl groups excluding tert-OH is 1. The van der Waals surface area contributed by atoms with Gasteiger partial charge in [0.05, 0.1) is 23.4 Å². The van der Waals surface area contributed by atoms with E-state index in [0.29, 0.717) is 17.5 Å². The van der Waals surface area contributed by atoms with E-state index in [0.717, 1.165) is 25.9 Å². The van der Waals surface area contributed by atoms with E-state index in [1.807, 2.05) is 0 Å². The van der Waals surface area contributed by atoms with E-state index < -0.39 is 5.82 Å². The summed E-state index contributed by atoms with van der Waals surface area (Å²) in [6, 6.07) is 3.89. The van der Waals surface area contributed by atoms with Crippen molar-refractivity contribution in [2.24, 2.45) is 11.8 Å². The summed E-state index contributed by atoms with van der Waals surface area (Å²) in [5, 5.41) is 12.8. The third-order valence-electron chi connectivity index (χ3n) is 4.47. The maximum Gasteiger partial charge on any atom is 0.238 e. The number of anilines is 1. The molecule has 0 radical (unpaired) electrons. The van der Waals surface area contributed by atoms with Crippen LogP contribution in [0.15, 0.2) is 18.2 Å². The molecule has 0 aromatic heterocycles. The molecule has 6 heteroatoms. The molecular weight excluding hydrogens is 295 g/mol. The summed E-state index contributed by atoms with van der Waals surface area (Å²) in [6.07, 6.45) is 1.68. The number of benzene rings is 1. The predicted octanol–water partition coefficient (Wildman–Crippen LogP) is 2.12. The first-order chi connectivity index (χ1) is 10.0. The van der Waals surface area contributed by atoms with Gasteiger partial charge in [-0.2, -0.15) is 0 Å². The molecule has 3 atom stereocenters. The number of rotatable bonds is 3. The zero-order chi connectivity index (χ0) is 15.0. The van der Waals surface area contributed by atoms with E-state index in [1.54, 1.807) is 0 Å². The largest absolute Gasteiger partial charge is 0.393 e. The van der Waals surface area contributed by atoms with Crippen LogP contribution >= 0.6 is 11.6 Å². The Morgan fingerprint density at radius 3 is 2.95 bits per heavy atom. The Labute approximate surface area is 127 Å². The molecule has 2 aliphatic rings. The van der Waals surface area contributed by atoms with Crippen LogP contribution in [0, 0.1) is 17.7 Å². The highest BCUT2D eigenvalue weighted by molar-refractivity contribution is 6.33. The van der Waals surface area contributed by atoms with Gasteiger partial charge in [0.1, 0.15) is 5.82 Å². The Morgan fingerprint density at radius 2 is 2.24 bits per heavy atom. The normalized spacial score (nSPS) is 28.6. The number of hydrogen-bond donors (Lipinski definition) is 2. The second kappa shape index (κ2) is 5.91. The van der Waals surface area contributed by atoms with Gasteiger partial charge in [0.2, 0.25) is 5.91 Å². The Bertz CT molecular complexity index is 554. The van der Waals surface area contributed by atoms with E-state index in [2.05, 4.69) is 10.2 Å². The van der Waals surface area contributed by atoms with Gasteiger partial charge in [0.25, 0.3) is 0 Å². The minimum absolute atomic E-state index is 0.169. The van der Waals surface area contributed by atoms with E-state index in [9.17, 15) is 14.3 Å². The number of fused-ring (bicyclic) bond motifs is 1. The molecule has 1 heterocycles. The molecule has 2 N–H and O–H groups in total. The van der Waals surface area contributed by atoms with Crippen molar-refractivity contribution in [1.29, 1.82) is 0 Å². The molecular formula is C15H18ClFN2O2. The zero-order valence-electron chi connectivity index (χ0n) is 11.6. The summed E-state index contributed by atoms with van der Waals surface area (Å²) >= 11 is 5.89. The maximum absolute atomic E-state index is 13.0. The van der Waals surface area contributed by atoms with Crippen molar-refractivity contribution in [3.8, 4) is 0 Å². The lowest BCUT2D eigenvalue weighted by molar-refractivity contribution is -0.117. The smallest absolute Gasteiger partial charge is 0.238 e. The molecule has 3 unspecified atom stereocenters. The Morgan fingerprint density at radius 1 is 1.43 bits per heavy atom. The van der Waals surface area contributed by atoms with Crippen LogP contribution in [0.1, 0.15) is 12.8 Å². The van der Waals surface area contributed by atoms with Crippen LogP contribution in [0.25, 0.3) is 0 Å². The highest BCUT2D eigenvalue weighted by atomic mass is 35.5. The van der Waals surface area contributed by atoms with Crippen molar-refractivity contribution in [2.75, 3.05) is 25.0 Å². The Kier molecular flexibility index (Phi) is 4.15. The summed E-state index contributed by atoms with van der Waals surface area (Å²) in [5.74, 6) is 0.201. The summed E-state index contributed by atoms with van der Waals surface area (Å²) in [5.41, 5.74) is 0.419. The first kappa shape index (κ1) is 14.8. The lowest BCUT2D eigenvalue weighted by Gasteiger charge is -2.17. The molecule has 1 saturated carbocycles. The molecule has 1 aliphatic heterocycles. The average molecular weight is 313 g/mol. The van der Waals surface area contributed by atoms with Crippen LogP contribution in [-0.2, 0) is 4.79 Å². The van der Waals surface area contributed by atoms with E-state index in [4.69, 9.17) is 11.6 Å². The molecule has 4 nitrogen and oxygen atoms in total. The fourth-order valence-corrected chi connectivity index (χ4v) is 3.66. The molecule has 0 bridgehead atoms. The molecule has 1 aliphatic carbocycles. The van der Waals surface area contributed by atoms with Crippen molar-refractivity contribution < 1.29 is 14.3 Å². The van der Waals surface area contributed by atoms with Crippen LogP contribution in [0.4, 0.5) is 10.1 Å². The summed E-state index contributed by atoms with van der Waals surface area (Å²) in [4.78, 5) is 14.1. The van der Waals surface area contributed by atoms with E-state index >= 15 is 0 Å². The van der Waals surface area contributed by atoms with Crippen molar-refractivity contribution in [3.05, 3.63) is 29.0 Å². The number of carbonyl (C=O) groups is 1. The monoisotopic (exact) mass is 312 g/mol. The van der Waals surface area contributed by atoms with Gasteiger partial charge >= 0.3 is 0 Å². The van der Waals surface area contributed by atoms with Gasteiger partial charge in [-0.3, -0.25) is 9.69 Å². The van der Waals surface area contributed by atoms with Gasteiger partial charge in [0.15, 0.2) is 0 Å². The molecule has 2 fully saturated rings. The lowest BCUT2D eigenvalue weighted by atomic mass is 10.00. The number of nitrogens with one attached hydrogen (secondary N) is 1. The molecule has 1 saturated heterocycles. The molecule has 1 aromatic carbocycles. The van der Waals surface area contributed by atoms with E-state index in [-0.39, 0.29) is 23.6 Å². The molecule has 0 spiro atoms. The third kappa shape index (κ3) is 3.20. The molecule has 1 aromatic rings. The second-order valence-corrected chi connectivity index (χ2v) is 6.34. The van der Waals surface area contributed by atoms with E-state index in [1.165, 1.54) is 18.2 Å². The van der Waals surface area contributed by atoms with Crippen molar-refractivity contribution in [3.63, 3.8) is 0 Å². The standard InChI is InChI=1S/C15H18ClFN2O2/c16-12-5-10(17)2-3-13(12)18-15(21)8-19-6-9-1-4-14(20)11(9)7-19/h2-3,5,9,11,14,20H,1,4,6-8H2,(H,18,21). The number of amides is 1. The number of halogens is 2. The van der Waals surface area contributed by atoms with Gasteiger partial charge < -0.3 is 10.4 Å². The van der Waals surface area contributed by atoms with Crippen LogP contribution in [0.3, 0.4) is 0 Å². The minimum Gasteiger partial charge on any atom is -0.393 e. The van der Waals surface area contributed by atoms with Crippen LogP contribution in [0.2, 0.25) is 5.02 Å². The first-order valence-corrected chi connectivity index (χ1v) is 7.56. The number of likely N-dealkylation sites (tertiary alicyclic amines) is 1. The zero-order valence-corrected chi connectivity index (χ0v) is 12.3. The number of hydrogen-bond acceptors (Lipinski definition) is 3. The van der Waals surface area contributed by atoms with Crippen molar-refractivity contribution in [1.82, 2.24) is 4.90 Å². The van der Waals surface area contributed by atoms with Gasteiger partial charge in [-0.25, -0.2) is 4.39 Å².